The Morgan fingerprint density at radius 2 is 1.55 bits per heavy atom. The van der Waals surface area contributed by atoms with Gasteiger partial charge in [0.05, 0.1) is 14.2 Å². The van der Waals surface area contributed by atoms with Crippen molar-refractivity contribution in [3.63, 3.8) is 0 Å². The van der Waals surface area contributed by atoms with Crippen LogP contribution >= 0.6 is 0 Å². The zero-order valence-corrected chi connectivity index (χ0v) is 12.1. The van der Waals surface area contributed by atoms with Gasteiger partial charge in [-0.3, -0.25) is 14.4 Å². The highest BCUT2D eigenvalue weighted by molar-refractivity contribution is 6.02. The number of esters is 3. The van der Waals surface area contributed by atoms with Crippen molar-refractivity contribution in [3.8, 4) is 0 Å². The van der Waals surface area contributed by atoms with Crippen LogP contribution in [0.5, 0.6) is 0 Å². The molecule has 0 atom stereocenters. The summed E-state index contributed by atoms with van der Waals surface area (Å²) >= 11 is 0. The first-order valence-electron chi connectivity index (χ1n) is 6.01. The Morgan fingerprint density at radius 3 is 1.95 bits per heavy atom. The number of allylic oxidation sites excluding steroid dienone is 3. The van der Waals surface area contributed by atoms with Gasteiger partial charge in [0, 0.05) is 13.3 Å². The van der Waals surface area contributed by atoms with Crippen molar-refractivity contribution in [1.29, 1.82) is 0 Å². The van der Waals surface area contributed by atoms with E-state index < -0.39 is 23.3 Å². The molecule has 0 bridgehead atoms. The van der Waals surface area contributed by atoms with E-state index in [0.717, 1.165) is 0 Å². The van der Waals surface area contributed by atoms with Crippen LogP contribution in [0.1, 0.15) is 26.7 Å². The number of hydrogen-bond donors (Lipinski definition) is 0. The van der Waals surface area contributed by atoms with E-state index in [-0.39, 0.29) is 12.8 Å². The molecule has 1 aliphatic rings. The number of methoxy groups -OCH3 is 2. The molecule has 6 nitrogen and oxygen atoms in total. The van der Waals surface area contributed by atoms with Crippen molar-refractivity contribution in [3.05, 3.63) is 23.5 Å². The molecular weight excluding hydrogens is 264 g/mol. The van der Waals surface area contributed by atoms with E-state index in [0.29, 0.717) is 16.9 Å². The van der Waals surface area contributed by atoms with Crippen molar-refractivity contribution in [1.82, 2.24) is 0 Å². The van der Waals surface area contributed by atoms with Gasteiger partial charge in [0.2, 0.25) is 0 Å². The third kappa shape index (κ3) is 2.74. The van der Waals surface area contributed by atoms with E-state index >= 15 is 0 Å². The second kappa shape index (κ2) is 5.90. The molecule has 1 saturated carbocycles. The van der Waals surface area contributed by atoms with Crippen LogP contribution in [0.2, 0.25) is 0 Å². The maximum absolute atomic E-state index is 12.0. The fraction of sp³-hybridized carbons (Fsp3) is 0.500. The lowest BCUT2D eigenvalue weighted by atomic mass is 9.85. The van der Waals surface area contributed by atoms with Gasteiger partial charge in [0.25, 0.3) is 0 Å². The van der Waals surface area contributed by atoms with Gasteiger partial charge in [-0.05, 0) is 24.5 Å². The molecule has 110 valence electrons. The first-order valence-corrected chi connectivity index (χ1v) is 6.01. The number of ether oxygens (including phenoxy) is 3. The summed E-state index contributed by atoms with van der Waals surface area (Å²) in [7, 11) is 2.41. The lowest BCUT2D eigenvalue weighted by molar-refractivity contribution is -0.168. The van der Waals surface area contributed by atoms with E-state index in [1.165, 1.54) is 21.1 Å². The molecule has 0 aromatic rings. The summed E-state index contributed by atoms with van der Waals surface area (Å²) in [5, 5.41) is 0. The summed E-state index contributed by atoms with van der Waals surface area (Å²) in [6.07, 6.45) is 0.130. The summed E-state index contributed by atoms with van der Waals surface area (Å²) in [5.74, 6) is -1.51. The molecule has 6 heteroatoms. The highest BCUT2D eigenvalue weighted by Crippen LogP contribution is 2.47. The maximum Gasteiger partial charge on any atom is 0.323 e. The summed E-state index contributed by atoms with van der Waals surface area (Å²) in [6, 6.07) is 0. The van der Waals surface area contributed by atoms with Crippen LogP contribution in [-0.2, 0) is 28.6 Å². The Bertz CT molecular complexity index is 484. The minimum Gasteiger partial charge on any atom is -0.468 e. The summed E-state index contributed by atoms with van der Waals surface area (Å²) in [4.78, 5) is 34.9. The largest absolute Gasteiger partial charge is 0.468 e. The molecule has 0 aliphatic heterocycles. The van der Waals surface area contributed by atoms with Crippen molar-refractivity contribution in [2.24, 2.45) is 5.41 Å². The number of hydrogen-bond acceptors (Lipinski definition) is 6. The number of carbonyl (C=O) groups excluding carboxylic acids is 3. The van der Waals surface area contributed by atoms with Gasteiger partial charge in [0.15, 0.2) is 5.41 Å². The highest BCUT2D eigenvalue weighted by atomic mass is 16.5. The van der Waals surface area contributed by atoms with Crippen LogP contribution in [0.25, 0.3) is 0 Å². The molecule has 0 N–H and O–H groups in total. The van der Waals surface area contributed by atoms with E-state index in [4.69, 9.17) is 14.2 Å². The van der Waals surface area contributed by atoms with E-state index in [1.54, 1.807) is 6.92 Å². The second-order valence-electron chi connectivity index (χ2n) is 4.65. The third-order valence-electron chi connectivity index (χ3n) is 3.29. The fourth-order valence-electron chi connectivity index (χ4n) is 2.37. The molecule has 1 fully saturated rings. The topological polar surface area (TPSA) is 78.9 Å². The standard InChI is InChI=1S/C14H18O6/c1-8-6-14(12(16)18-4,13(17)19-5)7-11(8)9(2)20-10(3)15/h1,6-7H2,2-5H3/b11-9+. The Labute approximate surface area is 117 Å². The normalized spacial score (nSPS) is 19.3. The molecule has 0 aromatic heterocycles. The van der Waals surface area contributed by atoms with Crippen LogP contribution in [-0.4, -0.2) is 32.1 Å². The Kier molecular flexibility index (Phi) is 4.70. The summed E-state index contributed by atoms with van der Waals surface area (Å²) in [5.41, 5.74) is -0.326. The molecule has 0 radical (unpaired) electrons. The summed E-state index contributed by atoms with van der Waals surface area (Å²) in [6.45, 7) is 6.69. The van der Waals surface area contributed by atoms with Crippen LogP contribution in [0.4, 0.5) is 0 Å². The Balaban J connectivity index is 3.22. The number of carbonyl (C=O) groups is 3. The predicted molar refractivity (Wildman–Crippen MR) is 69.3 cm³/mol. The minimum atomic E-state index is -1.45. The van der Waals surface area contributed by atoms with Crippen LogP contribution in [0.3, 0.4) is 0 Å². The van der Waals surface area contributed by atoms with Crippen molar-refractivity contribution < 1.29 is 28.6 Å². The van der Waals surface area contributed by atoms with Gasteiger partial charge in [-0.2, -0.15) is 0 Å². The molecule has 20 heavy (non-hydrogen) atoms. The second-order valence-corrected chi connectivity index (χ2v) is 4.65. The molecule has 0 aromatic carbocycles. The molecule has 0 heterocycles. The monoisotopic (exact) mass is 282 g/mol. The van der Waals surface area contributed by atoms with Gasteiger partial charge < -0.3 is 14.2 Å². The molecular formula is C14H18O6. The quantitative estimate of drug-likeness (QED) is 0.338. The smallest absolute Gasteiger partial charge is 0.323 e. The highest BCUT2D eigenvalue weighted by Gasteiger charge is 2.54. The molecule has 0 spiro atoms. The number of rotatable bonds is 3. The van der Waals surface area contributed by atoms with Crippen LogP contribution < -0.4 is 0 Å². The van der Waals surface area contributed by atoms with Gasteiger partial charge in [-0.25, -0.2) is 0 Å². The van der Waals surface area contributed by atoms with Gasteiger partial charge in [0.1, 0.15) is 5.76 Å². The van der Waals surface area contributed by atoms with Gasteiger partial charge in [-0.1, -0.05) is 6.58 Å². The average molecular weight is 282 g/mol. The molecule has 0 amide bonds. The zero-order chi connectivity index (χ0) is 15.5. The Morgan fingerprint density at radius 1 is 1.05 bits per heavy atom. The van der Waals surface area contributed by atoms with Crippen molar-refractivity contribution in [2.45, 2.75) is 26.7 Å². The Hall–Kier alpha value is -2.11. The van der Waals surface area contributed by atoms with Gasteiger partial charge in [-0.15, -0.1) is 0 Å². The third-order valence-corrected chi connectivity index (χ3v) is 3.29. The molecule has 1 aliphatic carbocycles. The molecule has 1 rings (SSSR count). The van der Waals surface area contributed by atoms with Crippen molar-refractivity contribution in [2.75, 3.05) is 14.2 Å². The van der Waals surface area contributed by atoms with Crippen LogP contribution in [0, 0.1) is 5.41 Å². The van der Waals surface area contributed by atoms with E-state index in [9.17, 15) is 14.4 Å². The maximum atomic E-state index is 12.0. The van der Waals surface area contributed by atoms with Crippen LogP contribution in [0.15, 0.2) is 23.5 Å². The SMILES string of the molecule is C=C1CC(C(=O)OC)(C(=O)OC)C/C1=C(/C)OC(C)=O. The predicted octanol–water partition coefficient (Wildman–Crippen LogP) is 1.51. The fourth-order valence-corrected chi connectivity index (χ4v) is 2.37. The van der Waals surface area contributed by atoms with E-state index in [2.05, 4.69) is 6.58 Å². The zero-order valence-electron chi connectivity index (χ0n) is 12.1. The lowest BCUT2D eigenvalue weighted by Gasteiger charge is -2.21. The minimum absolute atomic E-state index is 0.0459. The molecule has 0 unspecified atom stereocenters. The average Bonchev–Trinajstić information content (AvgIpc) is 2.75. The first-order chi connectivity index (χ1) is 9.28. The van der Waals surface area contributed by atoms with Gasteiger partial charge >= 0.3 is 17.9 Å². The van der Waals surface area contributed by atoms with E-state index in [1.807, 2.05) is 0 Å². The lowest BCUT2D eigenvalue weighted by Crippen LogP contribution is -2.38. The van der Waals surface area contributed by atoms with Crippen molar-refractivity contribution >= 4 is 17.9 Å². The molecule has 0 saturated heterocycles. The summed E-state index contributed by atoms with van der Waals surface area (Å²) < 4.78 is 14.4. The first kappa shape index (κ1) is 15.9.